The number of rotatable bonds is 4. The molecule has 0 spiro atoms. The number of amides is 2. The van der Waals surface area contributed by atoms with Gasteiger partial charge in [-0.1, -0.05) is 0 Å². The lowest BCUT2D eigenvalue weighted by Crippen LogP contribution is -2.50. The highest BCUT2D eigenvalue weighted by Crippen LogP contribution is 2.07. The normalized spacial score (nSPS) is 15.2. The van der Waals surface area contributed by atoms with E-state index >= 15 is 0 Å². The maximum atomic E-state index is 12.1. The third-order valence-electron chi connectivity index (χ3n) is 3.43. The van der Waals surface area contributed by atoms with Crippen molar-refractivity contribution in [1.82, 2.24) is 14.8 Å². The topological polar surface area (TPSA) is 65.6 Å². The Morgan fingerprint density at radius 1 is 1.25 bits per heavy atom. The van der Waals surface area contributed by atoms with Crippen LogP contribution in [0.15, 0.2) is 18.3 Å². The van der Waals surface area contributed by atoms with Gasteiger partial charge in [0.1, 0.15) is 0 Å². The standard InChI is InChI=1S/C14H21N3O3/c1-2-20-14(19)17-10-8-16(9-11-17)13(18)6-5-12-4-3-7-15-12/h3-4,7,15H,2,5-6,8-11H2,1H3. The minimum absolute atomic E-state index is 0.142. The second-order valence-electron chi connectivity index (χ2n) is 4.76. The molecule has 0 bridgehead atoms. The second kappa shape index (κ2) is 6.98. The molecule has 0 aliphatic carbocycles. The van der Waals surface area contributed by atoms with Gasteiger partial charge in [-0.15, -0.1) is 0 Å². The molecule has 110 valence electrons. The molecule has 0 radical (unpaired) electrons. The van der Waals surface area contributed by atoms with Gasteiger partial charge in [0.25, 0.3) is 0 Å². The Balaban J connectivity index is 1.73. The van der Waals surface area contributed by atoms with Gasteiger partial charge < -0.3 is 19.5 Å². The number of hydrogen-bond acceptors (Lipinski definition) is 3. The number of hydrogen-bond donors (Lipinski definition) is 1. The lowest BCUT2D eigenvalue weighted by atomic mass is 10.2. The number of nitrogens with zero attached hydrogens (tertiary/aromatic N) is 2. The molecule has 1 saturated heterocycles. The van der Waals surface area contributed by atoms with Gasteiger partial charge in [0.15, 0.2) is 0 Å². The third-order valence-corrected chi connectivity index (χ3v) is 3.43. The van der Waals surface area contributed by atoms with Crippen LogP contribution in [0.4, 0.5) is 4.79 Å². The minimum Gasteiger partial charge on any atom is -0.450 e. The van der Waals surface area contributed by atoms with E-state index in [2.05, 4.69) is 4.98 Å². The first-order valence-electron chi connectivity index (χ1n) is 7.02. The zero-order valence-electron chi connectivity index (χ0n) is 11.8. The molecule has 0 saturated carbocycles. The average molecular weight is 279 g/mol. The average Bonchev–Trinajstić information content (AvgIpc) is 2.98. The summed E-state index contributed by atoms with van der Waals surface area (Å²) >= 11 is 0. The van der Waals surface area contributed by atoms with Crippen molar-refractivity contribution in [3.63, 3.8) is 0 Å². The van der Waals surface area contributed by atoms with E-state index in [0.717, 1.165) is 12.1 Å². The molecule has 6 heteroatoms. The number of ether oxygens (including phenoxy) is 1. The minimum atomic E-state index is -0.286. The Morgan fingerprint density at radius 3 is 2.55 bits per heavy atom. The van der Waals surface area contributed by atoms with Gasteiger partial charge in [0.2, 0.25) is 5.91 Å². The maximum Gasteiger partial charge on any atom is 0.409 e. The lowest BCUT2D eigenvalue weighted by molar-refractivity contribution is -0.132. The first kappa shape index (κ1) is 14.4. The maximum absolute atomic E-state index is 12.1. The highest BCUT2D eigenvalue weighted by Gasteiger charge is 2.24. The van der Waals surface area contributed by atoms with Gasteiger partial charge in [-0.25, -0.2) is 4.79 Å². The molecule has 1 aromatic rings. The van der Waals surface area contributed by atoms with E-state index in [4.69, 9.17) is 4.74 Å². The fourth-order valence-electron chi connectivity index (χ4n) is 2.28. The molecule has 0 atom stereocenters. The van der Waals surface area contributed by atoms with Gasteiger partial charge in [-0.05, 0) is 25.5 Å². The monoisotopic (exact) mass is 279 g/mol. The molecule has 20 heavy (non-hydrogen) atoms. The van der Waals surface area contributed by atoms with Gasteiger partial charge in [-0.3, -0.25) is 4.79 Å². The van der Waals surface area contributed by atoms with Gasteiger partial charge in [0, 0.05) is 44.5 Å². The van der Waals surface area contributed by atoms with E-state index < -0.39 is 0 Å². The third kappa shape index (κ3) is 3.76. The molecule has 2 rings (SSSR count). The van der Waals surface area contributed by atoms with Crippen LogP contribution >= 0.6 is 0 Å². The zero-order chi connectivity index (χ0) is 14.4. The summed E-state index contributed by atoms with van der Waals surface area (Å²) < 4.78 is 4.95. The number of aryl methyl sites for hydroxylation is 1. The number of carbonyl (C=O) groups is 2. The Kier molecular flexibility index (Phi) is 5.03. The van der Waals surface area contributed by atoms with E-state index in [9.17, 15) is 9.59 Å². The molecular weight excluding hydrogens is 258 g/mol. The van der Waals surface area contributed by atoms with Crippen LogP contribution in [0.5, 0.6) is 0 Å². The predicted octanol–water partition coefficient (Wildman–Crippen LogP) is 1.25. The van der Waals surface area contributed by atoms with Gasteiger partial charge >= 0.3 is 6.09 Å². The molecule has 1 aliphatic rings. The summed E-state index contributed by atoms with van der Waals surface area (Å²) in [7, 11) is 0. The number of nitrogens with one attached hydrogen (secondary N) is 1. The van der Waals surface area contributed by atoms with Crippen molar-refractivity contribution in [3.05, 3.63) is 24.0 Å². The van der Waals surface area contributed by atoms with Crippen LogP contribution in [-0.4, -0.2) is 59.6 Å². The molecule has 0 aromatic carbocycles. The smallest absolute Gasteiger partial charge is 0.409 e. The van der Waals surface area contributed by atoms with E-state index in [1.165, 1.54) is 0 Å². The Labute approximate surface area is 118 Å². The summed E-state index contributed by atoms with van der Waals surface area (Å²) in [6, 6.07) is 3.91. The fourth-order valence-corrected chi connectivity index (χ4v) is 2.28. The summed E-state index contributed by atoms with van der Waals surface area (Å²) in [4.78, 5) is 30.2. The molecule has 2 heterocycles. The first-order chi connectivity index (χ1) is 9.70. The summed E-state index contributed by atoms with van der Waals surface area (Å²) in [5.74, 6) is 0.142. The van der Waals surface area contributed by atoms with Crippen LogP contribution in [0.25, 0.3) is 0 Å². The van der Waals surface area contributed by atoms with E-state index in [1.54, 1.807) is 11.8 Å². The second-order valence-corrected chi connectivity index (χ2v) is 4.76. The number of aromatic nitrogens is 1. The van der Waals surface area contributed by atoms with Crippen molar-refractivity contribution in [3.8, 4) is 0 Å². The van der Waals surface area contributed by atoms with Crippen LogP contribution < -0.4 is 0 Å². The summed E-state index contributed by atoms with van der Waals surface area (Å²) in [6.45, 7) is 4.44. The van der Waals surface area contributed by atoms with Crippen molar-refractivity contribution < 1.29 is 14.3 Å². The number of aromatic amines is 1. The Morgan fingerprint density at radius 2 is 1.95 bits per heavy atom. The lowest BCUT2D eigenvalue weighted by Gasteiger charge is -2.34. The molecule has 1 fully saturated rings. The predicted molar refractivity (Wildman–Crippen MR) is 74.3 cm³/mol. The molecule has 1 aliphatic heterocycles. The fraction of sp³-hybridized carbons (Fsp3) is 0.571. The van der Waals surface area contributed by atoms with Crippen LogP contribution in [0.1, 0.15) is 19.0 Å². The highest BCUT2D eigenvalue weighted by molar-refractivity contribution is 5.77. The first-order valence-corrected chi connectivity index (χ1v) is 7.02. The van der Waals surface area contributed by atoms with Gasteiger partial charge in [0.05, 0.1) is 6.61 Å². The number of carbonyl (C=O) groups excluding carboxylic acids is 2. The Bertz CT molecular complexity index is 437. The summed E-state index contributed by atoms with van der Waals surface area (Å²) in [5, 5.41) is 0. The van der Waals surface area contributed by atoms with Crippen LogP contribution in [0.3, 0.4) is 0 Å². The molecule has 2 amide bonds. The molecule has 0 unspecified atom stereocenters. The van der Waals surface area contributed by atoms with E-state index in [-0.39, 0.29) is 12.0 Å². The van der Waals surface area contributed by atoms with E-state index in [0.29, 0.717) is 39.2 Å². The molecular formula is C14H21N3O3. The van der Waals surface area contributed by atoms with Crippen LogP contribution in [0, 0.1) is 0 Å². The zero-order valence-corrected chi connectivity index (χ0v) is 11.8. The van der Waals surface area contributed by atoms with Crippen LogP contribution in [0.2, 0.25) is 0 Å². The van der Waals surface area contributed by atoms with Crippen molar-refractivity contribution in [2.24, 2.45) is 0 Å². The SMILES string of the molecule is CCOC(=O)N1CCN(C(=O)CCc2ccc[nH]2)CC1. The molecule has 6 nitrogen and oxygen atoms in total. The quantitative estimate of drug-likeness (QED) is 0.902. The van der Waals surface area contributed by atoms with Crippen molar-refractivity contribution in [2.75, 3.05) is 32.8 Å². The molecule has 1 aromatic heterocycles. The summed E-state index contributed by atoms with van der Waals surface area (Å²) in [5.41, 5.74) is 1.07. The largest absolute Gasteiger partial charge is 0.450 e. The summed E-state index contributed by atoms with van der Waals surface area (Å²) in [6.07, 6.45) is 2.80. The van der Waals surface area contributed by atoms with E-state index in [1.807, 2.05) is 23.2 Å². The number of H-pyrrole nitrogens is 1. The Hall–Kier alpha value is -1.98. The highest BCUT2D eigenvalue weighted by atomic mass is 16.6. The van der Waals surface area contributed by atoms with Crippen molar-refractivity contribution >= 4 is 12.0 Å². The van der Waals surface area contributed by atoms with Crippen molar-refractivity contribution in [1.29, 1.82) is 0 Å². The molecule has 1 N–H and O–H groups in total. The van der Waals surface area contributed by atoms with Crippen molar-refractivity contribution in [2.45, 2.75) is 19.8 Å². The van der Waals surface area contributed by atoms with Crippen LogP contribution in [-0.2, 0) is 16.0 Å². The van der Waals surface area contributed by atoms with Gasteiger partial charge in [-0.2, -0.15) is 0 Å². The number of piperazine rings is 1.